The summed E-state index contributed by atoms with van der Waals surface area (Å²) in [5.74, 6) is 0.129. The molecule has 0 atom stereocenters. The summed E-state index contributed by atoms with van der Waals surface area (Å²) in [6.45, 7) is 1.49. The number of nitrogens with zero attached hydrogens (tertiary/aromatic N) is 1. The van der Waals surface area contributed by atoms with Crippen molar-refractivity contribution in [2.75, 3.05) is 13.1 Å². The average Bonchev–Trinajstić information content (AvgIpc) is 2.53. The molecule has 1 saturated heterocycles. The predicted octanol–water partition coefficient (Wildman–Crippen LogP) is 1.81. The third kappa shape index (κ3) is 4.51. The standard InChI is InChI=1S/C16H22N4O2/c17-14(10-15(18)19)13-6-8-20(9-7-13)16(21)22-11-12-4-2-1-3-5-12/h1-5,10,13H,6-9,11,17H2,(H3,18,19). The molecule has 6 heteroatoms. The lowest BCUT2D eigenvalue weighted by atomic mass is 9.93. The van der Waals surface area contributed by atoms with E-state index in [0.29, 0.717) is 18.8 Å². The van der Waals surface area contributed by atoms with Crippen LogP contribution in [0.3, 0.4) is 0 Å². The first-order valence-electron chi connectivity index (χ1n) is 7.33. The number of likely N-dealkylation sites (tertiary alicyclic amines) is 1. The van der Waals surface area contributed by atoms with Gasteiger partial charge in [0.05, 0.1) is 0 Å². The zero-order chi connectivity index (χ0) is 15.9. The largest absolute Gasteiger partial charge is 0.445 e. The maximum atomic E-state index is 12.0. The molecule has 1 aliphatic rings. The van der Waals surface area contributed by atoms with Crippen LogP contribution in [-0.4, -0.2) is 29.9 Å². The Bertz CT molecular complexity index is 549. The highest BCUT2D eigenvalue weighted by Gasteiger charge is 2.25. The Morgan fingerprint density at radius 1 is 1.27 bits per heavy atom. The zero-order valence-corrected chi connectivity index (χ0v) is 12.5. The van der Waals surface area contributed by atoms with E-state index in [1.165, 1.54) is 6.08 Å². The van der Waals surface area contributed by atoms with Crippen LogP contribution in [0.1, 0.15) is 18.4 Å². The quantitative estimate of drug-likeness (QED) is 0.582. The Balaban J connectivity index is 1.79. The Morgan fingerprint density at radius 3 is 2.50 bits per heavy atom. The molecule has 1 aromatic carbocycles. The summed E-state index contributed by atoms with van der Waals surface area (Å²) in [6, 6.07) is 9.60. The first kappa shape index (κ1) is 15.9. The summed E-state index contributed by atoms with van der Waals surface area (Å²) >= 11 is 0. The van der Waals surface area contributed by atoms with Crippen molar-refractivity contribution in [3.05, 3.63) is 47.7 Å². The third-order valence-electron chi connectivity index (χ3n) is 3.75. The second-order valence-electron chi connectivity index (χ2n) is 5.40. The first-order valence-corrected chi connectivity index (χ1v) is 7.33. The minimum atomic E-state index is -0.295. The Hall–Kier alpha value is -2.50. The summed E-state index contributed by atoms with van der Waals surface area (Å²) in [4.78, 5) is 13.7. The average molecular weight is 302 g/mol. The van der Waals surface area contributed by atoms with E-state index in [1.54, 1.807) is 4.90 Å². The Kier molecular flexibility index (Phi) is 5.41. The molecule has 1 aliphatic heterocycles. The van der Waals surface area contributed by atoms with Gasteiger partial charge in [0.15, 0.2) is 0 Å². The Labute approximate surface area is 130 Å². The number of nitrogens with two attached hydrogens (primary N) is 2. The lowest BCUT2D eigenvalue weighted by Crippen LogP contribution is -2.40. The lowest BCUT2D eigenvalue weighted by molar-refractivity contribution is 0.0846. The number of benzene rings is 1. The van der Waals surface area contributed by atoms with E-state index < -0.39 is 0 Å². The number of allylic oxidation sites excluding steroid dienone is 1. The Morgan fingerprint density at radius 2 is 1.91 bits per heavy atom. The molecule has 6 nitrogen and oxygen atoms in total. The lowest BCUT2D eigenvalue weighted by Gasteiger charge is -2.31. The smallest absolute Gasteiger partial charge is 0.410 e. The summed E-state index contributed by atoms with van der Waals surface area (Å²) in [5.41, 5.74) is 12.8. The van der Waals surface area contributed by atoms with Crippen LogP contribution in [0.4, 0.5) is 4.79 Å². The molecule has 0 aliphatic carbocycles. The van der Waals surface area contributed by atoms with Gasteiger partial charge in [0.25, 0.3) is 0 Å². The summed E-state index contributed by atoms with van der Waals surface area (Å²) in [7, 11) is 0. The van der Waals surface area contributed by atoms with E-state index in [-0.39, 0.29) is 24.5 Å². The number of ether oxygens (including phenoxy) is 1. The van der Waals surface area contributed by atoms with Gasteiger partial charge in [0.2, 0.25) is 0 Å². The molecule has 0 aromatic heterocycles. The molecule has 0 unspecified atom stereocenters. The number of hydrogen-bond acceptors (Lipinski definition) is 4. The van der Waals surface area contributed by atoms with Gasteiger partial charge in [-0.15, -0.1) is 0 Å². The summed E-state index contributed by atoms with van der Waals surface area (Å²) in [5, 5.41) is 7.22. The second-order valence-corrected chi connectivity index (χ2v) is 5.40. The normalized spacial score (nSPS) is 16.4. The van der Waals surface area contributed by atoms with Crippen molar-refractivity contribution in [2.45, 2.75) is 19.4 Å². The van der Waals surface area contributed by atoms with Crippen LogP contribution in [0.25, 0.3) is 0 Å². The van der Waals surface area contributed by atoms with Gasteiger partial charge in [-0.1, -0.05) is 30.3 Å². The fraction of sp³-hybridized carbons (Fsp3) is 0.375. The predicted molar refractivity (Wildman–Crippen MR) is 85.1 cm³/mol. The van der Waals surface area contributed by atoms with Gasteiger partial charge in [0, 0.05) is 24.7 Å². The van der Waals surface area contributed by atoms with Crippen molar-refractivity contribution in [2.24, 2.45) is 17.4 Å². The van der Waals surface area contributed by atoms with Gasteiger partial charge in [-0.2, -0.15) is 0 Å². The molecule has 0 saturated carbocycles. The van der Waals surface area contributed by atoms with E-state index in [9.17, 15) is 4.79 Å². The SMILES string of the molecule is N=C(N)C=C(N)C1CCN(C(=O)OCc2ccccc2)CC1. The van der Waals surface area contributed by atoms with Crippen LogP contribution in [0.5, 0.6) is 0 Å². The van der Waals surface area contributed by atoms with Crippen LogP contribution in [0, 0.1) is 11.3 Å². The molecule has 118 valence electrons. The fourth-order valence-electron chi connectivity index (χ4n) is 2.50. The van der Waals surface area contributed by atoms with Crippen molar-refractivity contribution in [1.82, 2.24) is 4.90 Å². The molecule has 0 bridgehead atoms. The van der Waals surface area contributed by atoms with E-state index in [1.807, 2.05) is 30.3 Å². The number of hydrogen-bond donors (Lipinski definition) is 3. The molecule has 0 radical (unpaired) electrons. The van der Waals surface area contributed by atoms with Crippen LogP contribution in [0.2, 0.25) is 0 Å². The zero-order valence-electron chi connectivity index (χ0n) is 12.5. The van der Waals surface area contributed by atoms with Gasteiger partial charge in [0.1, 0.15) is 12.4 Å². The molecule has 1 aromatic rings. The number of nitrogens with one attached hydrogen (secondary N) is 1. The molecular formula is C16H22N4O2. The molecule has 1 fully saturated rings. The highest BCUT2D eigenvalue weighted by atomic mass is 16.6. The maximum Gasteiger partial charge on any atom is 0.410 e. The molecular weight excluding hydrogens is 280 g/mol. The van der Waals surface area contributed by atoms with E-state index in [4.69, 9.17) is 21.6 Å². The van der Waals surface area contributed by atoms with E-state index >= 15 is 0 Å². The summed E-state index contributed by atoms with van der Waals surface area (Å²) in [6.07, 6.45) is 2.71. The van der Waals surface area contributed by atoms with Crippen LogP contribution >= 0.6 is 0 Å². The van der Waals surface area contributed by atoms with Crippen molar-refractivity contribution >= 4 is 11.9 Å². The van der Waals surface area contributed by atoms with Gasteiger partial charge in [-0.05, 0) is 24.5 Å². The van der Waals surface area contributed by atoms with Gasteiger partial charge < -0.3 is 21.1 Å². The monoisotopic (exact) mass is 302 g/mol. The fourth-order valence-corrected chi connectivity index (χ4v) is 2.50. The maximum absolute atomic E-state index is 12.0. The number of amidine groups is 1. The number of carbonyl (C=O) groups excluding carboxylic acids is 1. The number of amides is 1. The van der Waals surface area contributed by atoms with Crippen LogP contribution in [0.15, 0.2) is 42.1 Å². The van der Waals surface area contributed by atoms with Crippen molar-refractivity contribution in [1.29, 1.82) is 5.41 Å². The highest BCUT2D eigenvalue weighted by molar-refractivity contribution is 5.89. The number of rotatable bonds is 4. The third-order valence-corrected chi connectivity index (χ3v) is 3.75. The van der Waals surface area contributed by atoms with Crippen molar-refractivity contribution in [3.8, 4) is 0 Å². The van der Waals surface area contributed by atoms with Crippen LogP contribution < -0.4 is 11.5 Å². The van der Waals surface area contributed by atoms with Gasteiger partial charge >= 0.3 is 6.09 Å². The van der Waals surface area contributed by atoms with E-state index in [0.717, 1.165) is 18.4 Å². The van der Waals surface area contributed by atoms with Crippen LogP contribution in [-0.2, 0) is 11.3 Å². The molecule has 2 rings (SSSR count). The number of carbonyl (C=O) groups is 1. The highest BCUT2D eigenvalue weighted by Crippen LogP contribution is 2.22. The second kappa shape index (κ2) is 7.49. The van der Waals surface area contributed by atoms with E-state index in [2.05, 4.69) is 0 Å². The molecule has 1 heterocycles. The minimum absolute atomic E-state index is 0.0396. The summed E-state index contributed by atoms with van der Waals surface area (Å²) < 4.78 is 5.31. The topological polar surface area (TPSA) is 105 Å². The molecule has 5 N–H and O–H groups in total. The first-order chi connectivity index (χ1) is 10.6. The molecule has 22 heavy (non-hydrogen) atoms. The molecule has 1 amide bonds. The van der Waals surface area contributed by atoms with Gasteiger partial charge in [-0.3, -0.25) is 5.41 Å². The van der Waals surface area contributed by atoms with Crippen molar-refractivity contribution in [3.63, 3.8) is 0 Å². The minimum Gasteiger partial charge on any atom is -0.445 e. The van der Waals surface area contributed by atoms with Crippen molar-refractivity contribution < 1.29 is 9.53 Å². The van der Waals surface area contributed by atoms with Gasteiger partial charge in [-0.25, -0.2) is 4.79 Å². The number of piperidine rings is 1. The molecule has 0 spiro atoms.